The molecule has 1 unspecified atom stereocenters. The maximum Gasteiger partial charge on any atom is 0.354 e. The normalized spacial score (nSPS) is 18.2. The van der Waals surface area contributed by atoms with Crippen LogP contribution in [0.4, 0.5) is 10.5 Å². The number of carbonyl (C=O) groups excluding carboxylic acids is 2. The molecule has 0 fully saturated rings. The van der Waals surface area contributed by atoms with Gasteiger partial charge in [0, 0.05) is 18.0 Å². The fourth-order valence-electron chi connectivity index (χ4n) is 4.61. The van der Waals surface area contributed by atoms with E-state index in [1.807, 2.05) is 0 Å². The molecule has 2 aliphatic rings. The van der Waals surface area contributed by atoms with Gasteiger partial charge in [-0.2, -0.15) is 0 Å². The molecule has 1 atom stereocenters. The fourth-order valence-corrected chi connectivity index (χ4v) is 6.73. The lowest BCUT2D eigenvalue weighted by Gasteiger charge is -2.22. The van der Waals surface area contributed by atoms with Gasteiger partial charge in [-0.3, -0.25) is 9.78 Å². The Labute approximate surface area is 198 Å². The molecule has 2 heterocycles. The van der Waals surface area contributed by atoms with Gasteiger partial charge in [0.25, 0.3) is 0 Å². The number of nitrogens with one attached hydrogen (secondary N) is 2. The topological polar surface area (TPSA) is 139 Å². The van der Waals surface area contributed by atoms with Gasteiger partial charge in [0.15, 0.2) is 9.92 Å². The van der Waals surface area contributed by atoms with Gasteiger partial charge < -0.3 is 10.6 Å². The van der Waals surface area contributed by atoms with Gasteiger partial charge in [-0.25, -0.2) is 19.1 Å². The summed E-state index contributed by atoms with van der Waals surface area (Å²) in [6, 6.07) is -0.745. The molecule has 33 heavy (non-hydrogen) atoms. The van der Waals surface area contributed by atoms with Crippen LogP contribution in [0.25, 0.3) is 0 Å². The first-order chi connectivity index (χ1) is 15.3. The summed E-state index contributed by atoms with van der Waals surface area (Å²) in [4.78, 5) is 33.5. The van der Waals surface area contributed by atoms with E-state index in [9.17, 15) is 13.8 Å². The summed E-state index contributed by atoms with van der Waals surface area (Å²) in [5, 5.41) is 12.2. The number of rotatable bonds is 4. The molecule has 0 radical (unpaired) electrons. The van der Waals surface area contributed by atoms with E-state index in [0.717, 1.165) is 71.6 Å². The van der Waals surface area contributed by atoms with Crippen LogP contribution in [0, 0.1) is 0 Å². The molecule has 0 spiro atoms. The monoisotopic (exact) mass is 490 g/mol. The maximum atomic E-state index is 13.1. The molecule has 3 amide bonds. The number of hydrogen-bond donors (Lipinski definition) is 3. The van der Waals surface area contributed by atoms with Crippen molar-refractivity contribution < 1.29 is 13.8 Å². The van der Waals surface area contributed by atoms with Gasteiger partial charge in [0.05, 0.1) is 23.1 Å². The molecular weight excluding hydrogens is 460 g/mol. The first-order valence-electron chi connectivity index (χ1n) is 11.0. The second kappa shape index (κ2) is 8.14. The molecule has 11 heteroatoms. The molecule has 0 saturated heterocycles. The van der Waals surface area contributed by atoms with E-state index < -0.39 is 21.5 Å². The number of fused-ring (bicyclic) bond motifs is 2. The molecule has 2 aromatic rings. The molecular formula is C22H30N6O3S2. The molecule has 2 aliphatic carbocycles. The highest BCUT2D eigenvalue weighted by Gasteiger charge is 2.36. The molecule has 2 aromatic heterocycles. The molecule has 0 aromatic carbocycles. The zero-order chi connectivity index (χ0) is 24.2. The standard InChI is InChI=1S/C22H30N6O3S2/c1-12(29)27-22(4,5)19-24-11-16(32-19)33(23,31)28-20(30)26-17-13-7-6-8-15(13)25-18-14(17)9-10-21(18,2)3/h11H,6-10H2,1-5H3,(H,27,29)(H3,23,25,26,28,30,31). The van der Waals surface area contributed by atoms with Crippen molar-refractivity contribution in [2.45, 2.75) is 81.9 Å². The van der Waals surface area contributed by atoms with Crippen LogP contribution in [0.1, 0.15) is 75.0 Å². The zero-order valence-electron chi connectivity index (χ0n) is 19.6. The van der Waals surface area contributed by atoms with E-state index >= 15 is 0 Å². The first-order valence-corrected chi connectivity index (χ1v) is 13.4. The van der Waals surface area contributed by atoms with Crippen molar-refractivity contribution in [1.82, 2.24) is 15.3 Å². The Morgan fingerprint density at radius 1 is 1.24 bits per heavy atom. The van der Waals surface area contributed by atoms with Gasteiger partial charge in [0.1, 0.15) is 9.22 Å². The quantitative estimate of drug-likeness (QED) is 0.601. The Kier molecular flexibility index (Phi) is 5.86. The Balaban J connectivity index is 1.64. The van der Waals surface area contributed by atoms with Crippen molar-refractivity contribution in [1.29, 1.82) is 0 Å². The average Bonchev–Trinajstić information content (AvgIpc) is 3.40. The highest BCUT2D eigenvalue weighted by atomic mass is 32.2. The summed E-state index contributed by atoms with van der Waals surface area (Å²) in [7, 11) is -3.51. The van der Waals surface area contributed by atoms with E-state index in [0.29, 0.717) is 5.01 Å². The lowest BCUT2D eigenvalue weighted by molar-refractivity contribution is -0.120. The summed E-state index contributed by atoms with van der Waals surface area (Å²) >= 11 is 1.07. The smallest absolute Gasteiger partial charge is 0.345 e. The predicted molar refractivity (Wildman–Crippen MR) is 129 cm³/mol. The molecule has 4 N–H and O–H groups in total. The number of aromatic nitrogens is 2. The Bertz CT molecular complexity index is 1270. The number of nitrogens with two attached hydrogens (primary N) is 1. The summed E-state index contributed by atoms with van der Waals surface area (Å²) in [5.41, 5.74) is 4.10. The minimum atomic E-state index is -3.51. The Morgan fingerprint density at radius 2 is 1.97 bits per heavy atom. The van der Waals surface area contributed by atoms with E-state index in [4.69, 9.17) is 10.1 Å². The predicted octanol–water partition coefficient (Wildman–Crippen LogP) is 3.55. The number of thiazole rings is 1. The van der Waals surface area contributed by atoms with E-state index in [1.165, 1.54) is 13.1 Å². The number of nitrogens with zero attached hydrogens (tertiary/aromatic N) is 3. The van der Waals surface area contributed by atoms with Crippen LogP contribution < -0.4 is 15.8 Å². The van der Waals surface area contributed by atoms with Crippen LogP contribution in [0.5, 0.6) is 0 Å². The van der Waals surface area contributed by atoms with E-state index in [1.54, 1.807) is 13.8 Å². The third-order valence-electron chi connectivity index (χ3n) is 6.21. The van der Waals surface area contributed by atoms with Gasteiger partial charge in [-0.1, -0.05) is 13.8 Å². The second-order valence-corrected chi connectivity index (χ2v) is 12.9. The number of amides is 3. The largest absolute Gasteiger partial charge is 0.354 e. The van der Waals surface area contributed by atoms with Gasteiger partial charge in [-0.15, -0.1) is 15.7 Å². The molecule has 4 rings (SSSR count). The third-order valence-corrected chi connectivity index (χ3v) is 9.41. The van der Waals surface area contributed by atoms with Crippen LogP contribution in [0.3, 0.4) is 0 Å². The lowest BCUT2D eigenvalue weighted by atomic mass is 9.90. The molecule has 0 aliphatic heterocycles. The summed E-state index contributed by atoms with van der Waals surface area (Å²) in [5.74, 6) is -0.213. The van der Waals surface area contributed by atoms with Crippen LogP contribution in [0.15, 0.2) is 14.8 Å². The van der Waals surface area contributed by atoms with Crippen LogP contribution in [0.2, 0.25) is 0 Å². The summed E-state index contributed by atoms with van der Waals surface area (Å²) in [6.45, 7) is 9.31. The second-order valence-electron chi connectivity index (χ2n) is 9.86. The zero-order valence-corrected chi connectivity index (χ0v) is 21.2. The van der Waals surface area contributed by atoms with E-state index in [2.05, 4.69) is 33.8 Å². The molecule has 0 bridgehead atoms. The minimum absolute atomic E-state index is 0.0509. The fraction of sp³-hybridized carbons (Fsp3) is 0.545. The summed E-state index contributed by atoms with van der Waals surface area (Å²) < 4.78 is 17.2. The Hall–Kier alpha value is -2.37. The van der Waals surface area contributed by atoms with Crippen molar-refractivity contribution in [2.75, 3.05) is 5.32 Å². The van der Waals surface area contributed by atoms with Crippen molar-refractivity contribution in [3.05, 3.63) is 33.7 Å². The van der Waals surface area contributed by atoms with Crippen molar-refractivity contribution in [2.24, 2.45) is 9.50 Å². The van der Waals surface area contributed by atoms with Gasteiger partial charge in [-0.05, 0) is 57.1 Å². The third kappa shape index (κ3) is 4.53. The molecule has 9 nitrogen and oxygen atoms in total. The van der Waals surface area contributed by atoms with Gasteiger partial charge in [0.2, 0.25) is 5.91 Å². The van der Waals surface area contributed by atoms with Crippen molar-refractivity contribution >= 4 is 38.9 Å². The number of pyridine rings is 1. The number of hydrogen-bond acceptors (Lipinski definition) is 6. The first kappa shape index (κ1) is 23.8. The Morgan fingerprint density at radius 3 is 2.67 bits per heavy atom. The van der Waals surface area contributed by atoms with Crippen LogP contribution >= 0.6 is 11.3 Å². The summed E-state index contributed by atoms with van der Waals surface area (Å²) in [6.07, 6.45) is 5.87. The highest BCUT2D eigenvalue weighted by Crippen LogP contribution is 2.44. The van der Waals surface area contributed by atoms with Crippen LogP contribution in [-0.2, 0) is 44.9 Å². The van der Waals surface area contributed by atoms with Gasteiger partial charge >= 0.3 is 6.03 Å². The maximum absolute atomic E-state index is 13.1. The molecule has 0 saturated carbocycles. The number of aryl methyl sites for hydroxylation is 1. The number of carbonyl (C=O) groups is 2. The van der Waals surface area contributed by atoms with E-state index in [-0.39, 0.29) is 15.5 Å². The van der Waals surface area contributed by atoms with Crippen molar-refractivity contribution in [3.63, 3.8) is 0 Å². The molecule has 178 valence electrons. The SMILES string of the molecule is CC(=O)NC(C)(C)c1ncc(S(N)(=O)=NC(=O)Nc2c3c(nc4c2CCC4(C)C)CCC3)s1. The highest BCUT2D eigenvalue weighted by molar-refractivity contribution is 7.93. The number of anilines is 1. The van der Waals surface area contributed by atoms with Crippen LogP contribution in [-0.4, -0.2) is 26.1 Å². The minimum Gasteiger partial charge on any atom is -0.345 e. The average molecular weight is 491 g/mol. The number of urea groups is 1. The van der Waals surface area contributed by atoms with Crippen molar-refractivity contribution in [3.8, 4) is 0 Å². The lowest BCUT2D eigenvalue weighted by Crippen LogP contribution is -2.39.